The highest BCUT2D eigenvalue weighted by molar-refractivity contribution is 5.70. The van der Waals surface area contributed by atoms with Crippen LogP contribution in [0, 0.1) is 23.0 Å². The van der Waals surface area contributed by atoms with E-state index in [1.807, 2.05) is 0 Å². The number of halogens is 2. The summed E-state index contributed by atoms with van der Waals surface area (Å²) < 4.78 is 26.3. The van der Waals surface area contributed by atoms with E-state index in [0.717, 1.165) is 0 Å². The lowest BCUT2D eigenvalue weighted by molar-refractivity contribution is 0.623. The molecule has 0 heterocycles. The molecule has 2 aromatic carbocycles. The predicted molar refractivity (Wildman–Crippen MR) is 56.5 cm³/mol. The molecule has 0 aliphatic carbocycles. The van der Waals surface area contributed by atoms with Crippen molar-refractivity contribution in [2.45, 2.75) is 0 Å². The normalized spacial score (nSPS) is 9.81. The maximum atomic E-state index is 13.3. The zero-order chi connectivity index (χ0) is 11.5. The first kappa shape index (κ1) is 10.3. The topological polar surface area (TPSA) is 23.8 Å². The Morgan fingerprint density at radius 3 is 2.44 bits per heavy atom. The first-order valence-corrected chi connectivity index (χ1v) is 4.67. The molecule has 0 aromatic heterocycles. The van der Waals surface area contributed by atoms with E-state index < -0.39 is 11.6 Å². The molecule has 0 N–H and O–H groups in total. The molecule has 0 spiro atoms. The molecule has 0 amide bonds. The molecule has 0 saturated carbocycles. The molecule has 0 unspecified atom stereocenters. The Morgan fingerprint density at radius 1 is 1.00 bits per heavy atom. The third-order valence-electron chi connectivity index (χ3n) is 2.26. The minimum absolute atomic E-state index is 0.0619. The number of hydrogen-bond acceptors (Lipinski definition) is 1. The van der Waals surface area contributed by atoms with Gasteiger partial charge in [-0.1, -0.05) is 24.3 Å². The molecule has 0 radical (unpaired) electrons. The van der Waals surface area contributed by atoms with Gasteiger partial charge in [-0.2, -0.15) is 5.26 Å². The van der Waals surface area contributed by atoms with Gasteiger partial charge in [-0.3, -0.25) is 0 Å². The summed E-state index contributed by atoms with van der Waals surface area (Å²) in [7, 11) is 0. The van der Waals surface area contributed by atoms with Gasteiger partial charge in [0.2, 0.25) is 0 Å². The molecule has 2 aromatic rings. The van der Waals surface area contributed by atoms with Crippen molar-refractivity contribution < 1.29 is 8.78 Å². The lowest BCUT2D eigenvalue weighted by atomic mass is 10.00. The number of nitriles is 1. The van der Waals surface area contributed by atoms with Gasteiger partial charge in [0.25, 0.3) is 0 Å². The van der Waals surface area contributed by atoms with Crippen LogP contribution in [0.3, 0.4) is 0 Å². The second-order valence-electron chi connectivity index (χ2n) is 3.28. The van der Waals surface area contributed by atoms with Crippen molar-refractivity contribution >= 4 is 0 Å². The molecular weight excluding hydrogens is 208 g/mol. The molecule has 0 fully saturated rings. The fraction of sp³-hybridized carbons (Fsp3) is 0. The average Bonchev–Trinajstić information content (AvgIpc) is 2.28. The Labute approximate surface area is 91.6 Å². The maximum absolute atomic E-state index is 13.3. The van der Waals surface area contributed by atoms with Crippen molar-refractivity contribution in [3.05, 3.63) is 59.7 Å². The van der Waals surface area contributed by atoms with Crippen molar-refractivity contribution in [3.8, 4) is 17.2 Å². The van der Waals surface area contributed by atoms with Crippen molar-refractivity contribution in [2.24, 2.45) is 0 Å². The highest BCUT2D eigenvalue weighted by Gasteiger charge is 2.09. The van der Waals surface area contributed by atoms with Crippen LogP contribution in [0.5, 0.6) is 0 Å². The Bertz CT molecular complexity index is 570. The summed E-state index contributed by atoms with van der Waals surface area (Å²) in [6.45, 7) is 0. The van der Waals surface area contributed by atoms with Gasteiger partial charge in [-0.25, -0.2) is 8.78 Å². The van der Waals surface area contributed by atoms with Crippen molar-refractivity contribution in [2.75, 3.05) is 0 Å². The Hall–Kier alpha value is -2.21. The number of rotatable bonds is 1. The lowest BCUT2D eigenvalue weighted by Crippen LogP contribution is -1.89. The summed E-state index contributed by atoms with van der Waals surface area (Å²) in [5.41, 5.74) is 0.839. The molecule has 3 heteroatoms. The summed E-state index contributed by atoms with van der Waals surface area (Å²) in [4.78, 5) is 0. The quantitative estimate of drug-likeness (QED) is 0.714. The second kappa shape index (κ2) is 4.11. The maximum Gasteiger partial charge on any atom is 0.141 e. The van der Waals surface area contributed by atoms with Crippen molar-refractivity contribution in [1.29, 1.82) is 5.26 Å². The van der Waals surface area contributed by atoms with Crippen LogP contribution in [-0.2, 0) is 0 Å². The summed E-state index contributed by atoms with van der Waals surface area (Å²) in [6.07, 6.45) is 0. The van der Waals surface area contributed by atoms with E-state index in [9.17, 15) is 8.78 Å². The van der Waals surface area contributed by atoms with E-state index in [2.05, 4.69) is 0 Å². The summed E-state index contributed by atoms with van der Waals surface area (Å²) >= 11 is 0. The third kappa shape index (κ3) is 1.78. The van der Waals surface area contributed by atoms with E-state index in [1.165, 1.54) is 30.3 Å². The molecule has 16 heavy (non-hydrogen) atoms. The SMILES string of the molecule is N#Cc1c(F)cccc1-c1cccc(F)c1. The smallest absolute Gasteiger partial charge is 0.141 e. The molecule has 0 aliphatic rings. The number of nitrogens with zero attached hydrogens (tertiary/aromatic N) is 1. The molecule has 0 aliphatic heterocycles. The first-order chi connectivity index (χ1) is 7.72. The largest absolute Gasteiger partial charge is 0.207 e. The second-order valence-corrected chi connectivity index (χ2v) is 3.28. The van der Waals surface area contributed by atoms with E-state index in [1.54, 1.807) is 18.2 Å². The first-order valence-electron chi connectivity index (χ1n) is 4.67. The highest BCUT2D eigenvalue weighted by atomic mass is 19.1. The monoisotopic (exact) mass is 215 g/mol. The van der Waals surface area contributed by atoms with Gasteiger partial charge in [0.05, 0.1) is 5.56 Å². The molecule has 2 rings (SSSR count). The highest BCUT2D eigenvalue weighted by Crippen LogP contribution is 2.25. The molecule has 0 bridgehead atoms. The molecular formula is C13H7F2N. The fourth-order valence-corrected chi connectivity index (χ4v) is 1.53. The van der Waals surface area contributed by atoms with E-state index in [-0.39, 0.29) is 5.56 Å². The Morgan fingerprint density at radius 2 is 1.75 bits per heavy atom. The van der Waals surface area contributed by atoms with E-state index >= 15 is 0 Å². The molecule has 1 nitrogen and oxygen atoms in total. The van der Waals surface area contributed by atoms with Crippen LogP contribution in [0.25, 0.3) is 11.1 Å². The van der Waals surface area contributed by atoms with E-state index in [0.29, 0.717) is 11.1 Å². The number of hydrogen-bond donors (Lipinski definition) is 0. The zero-order valence-electron chi connectivity index (χ0n) is 8.24. The van der Waals surface area contributed by atoms with Gasteiger partial charge in [0.1, 0.15) is 17.7 Å². The molecule has 78 valence electrons. The van der Waals surface area contributed by atoms with E-state index in [4.69, 9.17) is 5.26 Å². The van der Waals surface area contributed by atoms with Crippen LogP contribution in [-0.4, -0.2) is 0 Å². The van der Waals surface area contributed by atoms with Crippen LogP contribution in [0.1, 0.15) is 5.56 Å². The summed E-state index contributed by atoms with van der Waals surface area (Å²) in [5, 5.41) is 8.85. The minimum atomic E-state index is -0.593. The minimum Gasteiger partial charge on any atom is -0.207 e. The number of benzene rings is 2. The van der Waals surface area contributed by atoms with Crippen LogP contribution >= 0.6 is 0 Å². The van der Waals surface area contributed by atoms with Gasteiger partial charge in [-0.05, 0) is 23.8 Å². The zero-order valence-corrected chi connectivity index (χ0v) is 8.24. The van der Waals surface area contributed by atoms with Crippen LogP contribution < -0.4 is 0 Å². The van der Waals surface area contributed by atoms with Gasteiger partial charge >= 0.3 is 0 Å². The predicted octanol–water partition coefficient (Wildman–Crippen LogP) is 3.50. The van der Waals surface area contributed by atoms with Crippen LogP contribution in [0.15, 0.2) is 42.5 Å². The fourth-order valence-electron chi connectivity index (χ4n) is 1.53. The standard InChI is InChI=1S/C13H7F2N/c14-10-4-1-3-9(7-10)11-5-2-6-13(15)12(11)8-16/h1-7H. The third-order valence-corrected chi connectivity index (χ3v) is 2.26. The van der Waals surface area contributed by atoms with Crippen molar-refractivity contribution in [1.82, 2.24) is 0 Å². The average molecular weight is 215 g/mol. The van der Waals surface area contributed by atoms with Gasteiger partial charge in [0, 0.05) is 5.56 Å². The van der Waals surface area contributed by atoms with Gasteiger partial charge < -0.3 is 0 Å². The van der Waals surface area contributed by atoms with Crippen molar-refractivity contribution in [3.63, 3.8) is 0 Å². The van der Waals surface area contributed by atoms with Crippen LogP contribution in [0.2, 0.25) is 0 Å². The van der Waals surface area contributed by atoms with Gasteiger partial charge in [0.15, 0.2) is 0 Å². The molecule has 0 saturated heterocycles. The summed E-state index contributed by atoms with van der Waals surface area (Å²) in [6, 6.07) is 11.8. The lowest BCUT2D eigenvalue weighted by Gasteiger charge is -2.04. The Balaban J connectivity index is 2.66. The van der Waals surface area contributed by atoms with Gasteiger partial charge in [-0.15, -0.1) is 0 Å². The summed E-state index contributed by atoms with van der Waals surface area (Å²) in [5.74, 6) is -1.00. The Kier molecular flexibility index (Phi) is 2.65. The van der Waals surface area contributed by atoms with Crippen LogP contribution in [0.4, 0.5) is 8.78 Å². The molecule has 0 atom stereocenters.